The standard InChI is InChI=1S/C14H15FO.C2H6/c1-4-6-7-12(5-2)16-14-9-8-11(3)10-13(14)15;1-2/h4-10H,1H2,2-3H3;1-2H3/b7-6-,12-5+;. The van der Waals surface area contributed by atoms with Crippen LogP contribution in [0.15, 0.2) is 54.8 Å². The molecule has 0 saturated carbocycles. The van der Waals surface area contributed by atoms with Gasteiger partial charge < -0.3 is 4.74 Å². The lowest BCUT2D eigenvalue weighted by Gasteiger charge is -2.07. The van der Waals surface area contributed by atoms with Crippen LogP contribution in [0.2, 0.25) is 0 Å². The summed E-state index contributed by atoms with van der Waals surface area (Å²) < 4.78 is 18.9. The summed E-state index contributed by atoms with van der Waals surface area (Å²) in [7, 11) is 0. The van der Waals surface area contributed by atoms with Crippen molar-refractivity contribution >= 4 is 0 Å². The van der Waals surface area contributed by atoms with Crippen LogP contribution in [-0.4, -0.2) is 0 Å². The Hall–Kier alpha value is -1.83. The van der Waals surface area contributed by atoms with Crippen molar-refractivity contribution in [1.29, 1.82) is 0 Å². The molecule has 0 fully saturated rings. The highest BCUT2D eigenvalue weighted by Gasteiger charge is 2.04. The fraction of sp³-hybridized carbons (Fsp3) is 0.250. The molecule has 1 aromatic rings. The summed E-state index contributed by atoms with van der Waals surface area (Å²) in [4.78, 5) is 0. The zero-order valence-electron chi connectivity index (χ0n) is 11.5. The smallest absolute Gasteiger partial charge is 0.165 e. The normalized spacial score (nSPS) is 10.8. The monoisotopic (exact) mass is 248 g/mol. The molecule has 1 rings (SSSR count). The molecule has 1 nitrogen and oxygen atoms in total. The molecule has 0 bridgehead atoms. The van der Waals surface area contributed by atoms with Crippen LogP contribution in [0.5, 0.6) is 5.75 Å². The number of ether oxygens (including phenoxy) is 1. The van der Waals surface area contributed by atoms with Gasteiger partial charge in [0.1, 0.15) is 5.76 Å². The molecule has 2 heteroatoms. The summed E-state index contributed by atoms with van der Waals surface area (Å²) in [5.74, 6) is 0.460. The molecule has 0 heterocycles. The third-order valence-corrected chi connectivity index (χ3v) is 2.00. The van der Waals surface area contributed by atoms with E-state index in [1.165, 1.54) is 6.07 Å². The molecular weight excluding hydrogens is 227 g/mol. The Morgan fingerprint density at radius 2 is 2.00 bits per heavy atom. The Morgan fingerprint density at radius 1 is 1.33 bits per heavy atom. The van der Waals surface area contributed by atoms with E-state index < -0.39 is 0 Å². The van der Waals surface area contributed by atoms with Gasteiger partial charge in [-0.1, -0.05) is 38.6 Å². The van der Waals surface area contributed by atoms with E-state index >= 15 is 0 Å². The average Bonchev–Trinajstić information content (AvgIpc) is 2.39. The Balaban J connectivity index is 0.00000137. The molecule has 0 unspecified atom stereocenters. The lowest BCUT2D eigenvalue weighted by Crippen LogP contribution is -1.94. The lowest BCUT2D eigenvalue weighted by molar-refractivity contribution is 0.411. The Kier molecular flexibility index (Phi) is 8.29. The Bertz CT molecular complexity index is 431. The van der Waals surface area contributed by atoms with Gasteiger partial charge in [0.25, 0.3) is 0 Å². The average molecular weight is 248 g/mol. The van der Waals surface area contributed by atoms with E-state index in [2.05, 4.69) is 6.58 Å². The highest BCUT2D eigenvalue weighted by atomic mass is 19.1. The van der Waals surface area contributed by atoms with E-state index in [4.69, 9.17) is 4.74 Å². The first kappa shape index (κ1) is 16.2. The molecule has 0 aliphatic rings. The minimum Gasteiger partial charge on any atom is -0.455 e. The minimum absolute atomic E-state index is 0.229. The molecule has 0 aliphatic heterocycles. The first-order valence-electron chi connectivity index (χ1n) is 6.06. The van der Waals surface area contributed by atoms with E-state index in [9.17, 15) is 4.39 Å². The molecule has 0 aromatic heterocycles. The summed E-state index contributed by atoms with van der Waals surface area (Å²) >= 11 is 0. The second-order valence-electron chi connectivity index (χ2n) is 3.32. The first-order chi connectivity index (χ1) is 8.67. The van der Waals surface area contributed by atoms with Crippen molar-refractivity contribution in [3.63, 3.8) is 0 Å². The summed E-state index contributed by atoms with van der Waals surface area (Å²) in [6.07, 6.45) is 6.87. The molecule has 98 valence electrons. The number of allylic oxidation sites excluding steroid dienone is 4. The number of hydrogen-bond acceptors (Lipinski definition) is 1. The van der Waals surface area contributed by atoms with Crippen LogP contribution >= 0.6 is 0 Å². The highest BCUT2D eigenvalue weighted by Crippen LogP contribution is 2.20. The Morgan fingerprint density at radius 3 is 2.50 bits per heavy atom. The molecule has 0 N–H and O–H groups in total. The van der Waals surface area contributed by atoms with Crippen molar-refractivity contribution in [2.75, 3.05) is 0 Å². The van der Waals surface area contributed by atoms with Crippen molar-refractivity contribution in [3.8, 4) is 5.75 Å². The molecule has 0 saturated heterocycles. The third-order valence-electron chi connectivity index (χ3n) is 2.00. The molecule has 0 aliphatic carbocycles. The molecular formula is C16H21FO. The van der Waals surface area contributed by atoms with Crippen molar-refractivity contribution < 1.29 is 9.13 Å². The molecule has 1 aromatic carbocycles. The number of hydrogen-bond donors (Lipinski definition) is 0. The number of halogens is 1. The zero-order chi connectivity index (χ0) is 14.0. The maximum absolute atomic E-state index is 13.5. The fourth-order valence-corrected chi connectivity index (χ4v) is 1.17. The zero-order valence-corrected chi connectivity index (χ0v) is 11.5. The van der Waals surface area contributed by atoms with Crippen LogP contribution < -0.4 is 4.74 Å². The number of aryl methyl sites for hydroxylation is 1. The van der Waals surface area contributed by atoms with Crippen LogP contribution in [0.1, 0.15) is 26.3 Å². The topological polar surface area (TPSA) is 9.23 Å². The van der Waals surface area contributed by atoms with Crippen LogP contribution in [-0.2, 0) is 0 Å². The van der Waals surface area contributed by atoms with E-state index in [0.717, 1.165) is 5.56 Å². The largest absolute Gasteiger partial charge is 0.455 e. The van der Waals surface area contributed by atoms with E-state index in [1.807, 2.05) is 33.8 Å². The predicted octanol–water partition coefficient (Wildman–Crippen LogP) is 5.19. The molecule has 0 spiro atoms. The number of benzene rings is 1. The van der Waals surface area contributed by atoms with Crippen LogP contribution in [0, 0.1) is 12.7 Å². The van der Waals surface area contributed by atoms with Gasteiger partial charge in [-0.05, 0) is 43.7 Å². The second-order valence-corrected chi connectivity index (χ2v) is 3.32. The van der Waals surface area contributed by atoms with Gasteiger partial charge in [0.15, 0.2) is 11.6 Å². The van der Waals surface area contributed by atoms with Crippen molar-refractivity contribution in [3.05, 3.63) is 66.2 Å². The van der Waals surface area contributed by atoms with Crippen LogP contribution in [0.4, 0.5) is 4.39 Å². The molecule has 0 radical (unpaired) electrons. The SMILES string of the molecule is C=C/C=C\C(=C/C)Oc1ccc(C)cc1F.CC. The van der Waals surface area contributed by atoms with Gasteiger partial charge >= 0.3 is 0 Å². The van der Waals surface area contributed by atoms with Gasteiger partial charge in [-0.3, -0.25) is 0 Å². The van der Waals surface area contributed by atoms with Crippen LogP contribution in [0.3, 0.4) is 0 Å². The van der Waals surface area contributed by atoms with Crippen molar-refractivity contribution in [1.82, 2.24) is 0 Å². The predicted molar refractivity (Wildman–Crippen MR) is 76.2 cm³/mol. The summed E-state index contributed by atoms with van der Waals surface area (Å²) in [5.41, 5.74) is 0.869. The lowest BCUT2D eigenvalue weighted by atomic mass is 10.2. The van der Waals surface area contributed by atoms with Crippen molar-refractivity contribution in [2.24, 2.45) is 0 Å². The van der Waals surface area contributed by atoms with Gasteiger partial charge in [0, 0.05) is 0 Å². The van der Waals surface area contributed by atoms with Gasteiger partial charge in [-0.25, -0.2) is 4.39 Å². The highest BCUT2D eigenvalue weighted by molar-refractivity contribution is 5.31. The van der Waals surface area contributed by atoms with E-state index in [1.54, 1.807) is 30.4 Å². The van der Waals surface area contributed by atoms with Gasteiger partial charge in [-0.15, -0.1) is 0 Å². The summed E-state index contributed by atoms with van der Waals surface area (Å²) in [5, 5.41) is 0. The molecule has 0 amide bonds. The fourth-order valence-electron chi connectivity index (χ4n) is 1.17. The second kappa shape index (κ2) is 9.23. The molecule has 0 atom stereocenters. The maximum atomic E-state index is 13.5. The number of rotatable bonds is 4. The van der Waals surface area contributed by atoms with Gasteiger partial charge in [0.2, 0.25) is 0 Å². The van der Waals surface area contributed by atoms with E-state index in [0.29, 0.717) is 5.76 Å². The van der Waals surface area contributed by atoms with Crippen molar-refractivity contribution in [2.45, 2.75) is 27.7 Å². The van der Waals surface area contributed by atoms with E-state index in [-0.39, 0.29) is 11.6 Å². The Labute approximate surface area is 109 Å². The van der Waals surface area contributed by atoms with Gasteiger partial charge in [0.05, 0.1) is 0 Å². The first-order valence-corrected chi connectivity index (χ1v) is 6.06. The maximum Gasteiger partial charge on any atom is 0.165 e. The van der Waals surface area contributed by atoms with Gasteiger partial charge in [-0.2, -0.15) is 0 Å². The summed E-state index contributed by atoms with van der Waals surface area (Å²) in [6, 6.07) is 4.87. The summed E-state index contributed by atoms with van der Waals surface area (Å²) in [6.45, 7) is 11.2. The third kappa shape index (κ3) is 5.48. The molecule has 18 heavy (non-hydrogen) atoms. The van der Waals surface area contributed by atoms with Crippen LogP contribution in [0.25, 0.3) is 0 Å². The quantitative estimate of drug-likeness (QED) is 0.526. The minimum atomic E-state index is -0.355.